The second-order valence-corrected chi connectivity index (χ2v) is 6.62. The number of carbonyl (C=O) groups is 1. The van der Waals surface area contributed by atoms with Crippen molar-refractivity contribution in [3.63, 3.8) is 0 Å². The molecule has 7 heteroatoms. The molecule has 140 valence electrons. The number of aromatic nitrogens is 4. The summed E-state index contributed by atoms with van der Waals surface area (Å²) in [4.78, 5) is 33.5. The van der Waals surface area contributed by atoms with Crippen LogP contribution >= 0.6 is 0 Å². The molecule has 0 aliphatic heterocycles. The highest BCUT2D eigenvalue weighted by Gasteiger charge is 2.21. The average molecular weight is 373 g/mol. The number of H-pyrrole nitrogens is 1. The second-order valence-electron chi connectivity index (χ2n) is 6.62. The van der Waals surface area contributed by atoms with Crippen LogP contribution in [-0.2, 0) is 0 Å². The smallest absolute Gasteiger partial charge is 0.254 e. The summed E-state index contributed by atoms with van der Waals surface area (Å²) in [5.41, 5.74) is 2.63. The van der Waals surface area contributed by atoms with E-state index in [1.165, 1.54) is 12.4 Å². The molecule has 0 aliphatic carbocycles. The first-order valence-electron chi connectivity index (χ1n) is 8.89. The van der Waals surface area contributed by atoms with Crippen molar-refractivity contribution in [1.82, 2.24) is 24.6 Å². The Balaban J connectivity index is 1.63. The van der Waals surface area contributed by atoms with Crippen LogP contribution in [0.2, 0.25) is 0 Å². The molecule has 1 unspecified atom stereocenters. The van der Waals surface area contributed by atoms with E-state index in [9.17, 15) is 9.59 Å². The SMILES string of the molecule is CC(c1ccc(-n2cncn2)cc1)N(C)C(=O)c1cc(=O)[nH]c2ccccc12. The molecule has 2 heterocycles. The van der Waals surface area contributed by atoms with Crippen molar-refractivity contribution in [3.8, 4) is 5.69 Å². The fourth-order valence-corrected chi connectivity index (χ4v) is 3.22. The summed E-state index contributed by atoms with van der Waals surface area (Å²) in [6.07, 6.45) is 3.11. The first kappa shape index (κ1) is 17.7. The number of para-hydroxylation sites is 1. The number of nitrogens with zero attached hydrogens (tertiary/aromatic N) is 4. The van der Waals surface area contributed by atoms with Crippen molar-refractivity contribution in [1.29, 1.82) is 0 Å². The van der Waals surface area contributed by atoms with Gasteiger partial charge in [-0.25, -0.2) is 9.67 Å². The van der Waals surface area contributed by atoms with Crippen molar-refractivity contribution in [2.24, 2.45) is 0 Å². The van der Waals surface area contributed by atoms with Crippen LogP contribution < -0.4 is 5.56 Å². The number of hydrogen-bond acceptors (Lipinski definition) is 4. The molecule has 0 fully saturated rings. The van der Waals surface area contributed by atoms with Crippen molar-refractivity contribution >= 4 is 16.8 Å². The number of aromatic amines is 1. The van der Waals surface area contributed by atoms with E-state index in [0.717, 1.165) is 16.6 Å². The van der Waals surface area contributed by atoms with Crippen LogP contribution in [0.1, 0.15) is 28.9 Å². The Labute approximate surface area is 161 Å². The zero-order valence-electron chi connectivity index (χ0n) is 15.5. The predicted octanol–water partition coefficient (Wildman–Crippen LogP) is 2.94. The lowest BCUT2D eigenvalue weighted by Gasteiger charge is -2.26. The summed E-state index contributed by atoms with van der Waals surface area (Å²) in [5.74, 6) is -0.199. The second kappa shape index (κ2) is 7.11. The van der Waals surface area contributed by atoms with Gasteiger partial charge in [-0.15, -0.1) is 0 Å². The van der Waals surface area contributed by atoms with Gasteiger partial charge in [0.1, 0.15) is 12.7 Å². The van der Waals surface area contributed by atoms with Crippen LogP contribution in [0.25, 0.3) is 16.6 Å². The van der Waals surface area contributed by atoms with Gasteiger partial charge < -0.3 is 9.88 Å². The zero-order valence-corrected chi connectivity index (χ0v) is 15.5. The van der Waals surface area contributed by atoms with Gasteiger partial charge in [-0.3, -0.25) is 9.59 Å². The van der Waals surface area contributed by atoms with Gasteiger partial charge in [-0.1, -0.05) is 30.3 Å². The third kappa shape index (κ3) is 3.18. The minimum atomic E-state index is -0.291. The van der Waals surface area contributed by atoms with E-state index in [1.54, 1.807) is 29.0 Å². The summed E-state index contributed by atoms with van der Waals surface area (Å²) < 4.78 is 1.67. The van der Waals surface area contributed by atoms with Gasteiger partial charge in [0.05, 0.1) is 17.3 Å². The maximum Gasteiger partial charge on any atom is 0.254 e. The zero-order chi connectivity index (χ0) is 19.7. The van der Waals surface area contributed by atoms with Gasteiger partial charge in [0.25, 0.3) is 5.91 Å². The first-order valence-corrected chi connectivity index (χ1v) is 8.89. The number of amides is 1. The van der Waals surface area contributed by atoms with E-state index >= 15 is 0 Å². The highest BCUT2D eigenvalue weighted by atomic mass is 16.2. The lowest BCUT2D eigenvalue weighted by atomic mass is 10.0. The van der Waals surface area contributed by atoms with E-state index in [-0.39, 0.29) is 17.5 Å². The summed E-state index contributed by atoms with van der Waals surface area (Å²) in [6.45, 7) is 1.96. The van der Waals surface area contributed by atoms with Gasteiger partial charge in [0.15, 0.2) is 0 Å². The molecule has 0 aliphatic rings. The van der Waals surface area contributed by atoms with Gasteiger partial charge in [0.2, 0.25) is 5.56 Å². The molecule has 2 aromatic heterocycles. The fourth-order valence-electron chi connectivity index (χ4n) is 3.22. The van der Waals surface area contributed by atoms with Gasteiger partial charge in [-0.2, -0.15) is 5.10 Å². The van der Waals surface area contributed by atoms with Crippen LogP contribution in [0, 0.1) is 0 Å². The highest BCUT2D eigenvalue weighted by Crippen LogP contribution is 2.24. The largest absolute Gasteiger partial charge is 0.335 e. The normalized spacial score (nSPS) is 12.1. The Kier molecular flexibility index (Phi) is 4.49. The van der Waals surface area contributed by atoms with E-state index in [4.69, 9.17) is 0 Å². The molecule has 0 saturated carbocycles. The quantitative estimate of drug-likeness (QED) is 0.596. The Hall–Kier alpha value is -3.74. The molecule has 7 nitrogen and oxygen atoms in total. The molecule has 0 saturated heterocycles. The molecule has 4 aromatic rings. The molecule has 28 heavy (non-hydrogen) atoms. The summed E-state index contributed by atoms with van der Waals surface area (Å²) in [5, 5.41) is 4.84. The number of pyridine rings is 1. The van der Waals surface area contributed by atoms with E-state index in [0.29, 0.717) is 11.1 Å². The molecule has 1 atom stereocenters. The number of nitrogens with one attached hydrogen (secondary N) is 1. The van der Waals surface area contributed by atoms with Gasteiger partial charge in [-0.05, 0) is 30.7 Å². The molecule has 0 radical (unpaired) electrons. The standard InChI is InChI=1S/C21H19N5O2/c1-14(15-7-9-16(10-8-15)26-13-22-12-23-26)25(2)21(28)18-11-20(27)24-19-6-4-3-5-17(18)19/h3-14H,1-2H3,(H,24,27). The van der Waals surface area contributed by atoms with Crippen molar-refractivity contribution in [3.05, 3.63) is 88.7 Å². The molecule has 2 aromatic carbocycles. The molecular weight excluding hydrogens is 354 g/mol. The third-order valence-corrected chi connectivity index (χ3v) is 4.94. The Morgan fingerprint density at radius 2 is 1.89 bits per heavy atom. The van der Waals surface area contributed by atoms with Crippen LogP contribution in [0.5, 0.6) is 0 Å². The maximum atomic E-state index is 13.1. The lowest BCUT2D eigenvalue weighted by Crippen LogP contribution is -2.30. The van der Waals surface area contributed by atoms with Crippen LogP contribution in [0.15, 0.2) is 72.0 Å². The van der Waals surface area contributed by atoms with E-state index in [1.807, 2.05) is 49.4 Å². The van der Waals surface area contributed by atoms with Gasteiger partial charge >= 0.3 is 0 Å². The monoisotopic (exact) mass is 373 g/mol. The number of benzene rings is 2. The Bertz CT molecular complexity index is 1180. The molecule has 0 spiro atoms. The molecule has 4 rings (SSSR count). The number of fused-ring (bicyclic) bond motifs is 1. The molecule has 1 amide bonds. The topological polar surface area (TPSA) is 83.9 Å². The lowest BCUT2D eigenvalue weighted by molar-refractivity contribution is 0.0744. The van der Waals surface area contributed by atoms with Crippen LogP contribution in [0.3, 0.4) is 0 Å². The van der Waals surface area contributed by atoms with Gasteiger partial charge in [0, 0.05) is 24.0 Å². The minimum absolute atomic E-state index is 0.171. The molecular formula is C21H19N5O2. The fraction of sp³-hybridized carbons (Fsp3) is 0.143. The predicted molar refractivity (Wildman–Crippen MR) is 106 cm³/mol. The molecule has 1 N–H and O–H groups in total. The average Bonchev–Trinajstić information content (AvgIpc) is 3.26. The summed E-state index contributed by atoms with van der Waals surface area (Å²) in [7, 11) is 1.74. The van der Waals surface area contributed by atoms with E-state index < -0.39 is 0 Å². The van der Waals surface area contributed by atoms with Crippen LogP contribution in [0.4, 0.5) is 0 Å². The highest BCUT2D eigenvalue weighted by molar-refractivity contribution is 6.05. The van der Waals surface area contributed by atoms with E-state index in [2.05, 4.69) is 15.1 Å². The van der Waals surface area contributed by atoms with Crippen molar-refractivity contribution < 1.29 is 4.79 Å². The van der Waals surface area contributed by atoms with Crippen molar-refractivity contribution in [2.75, 3.05) is 7.05 Å². The third-order valence-electron chi connectivity index (χ3n) is 4.94. The number of carbonyl (C=O) groups excluding carboxylic acids is 1. The molecule has 0 bridgehead atoms. The first-order chi connectivity index (χ1) is 13.5. The number of hydrogen-bond donors (Lipinski definition) is 1. The maximum absolute atomic E-state index is 13.1. The summed E-state index contributed by atoms with van der Waals surface area (Å²) >= 11 is 0. The minimum Gasteiger partial charge on any atom is -0.335 e. The summed E-state index contributed by atoms with van der Waals surface area (Å²) in [6, 6.07) is 16.3. The van der Waals surface area contributed by atoms with Crippen LogP contribution in [-0.4, -0.2) is 37.6 Å². The Morgan fingerprint density at radius 3 is 2.61 bits per heavy atom. The van der Waals surface area contributed by atoms with Crippen molar-refractivity contribution in [2.45, 2.75) is 13.0 Å². The Morgan fingerprint density at radius 1 is 1.14 bits per heavy atom. The number of rotatable bonds is 4.